The van der Waals surface area contributed by atoms with E-state index in [-0.39, 0.29) is 17.4 Å². The number of rotatable bonds is 1. The Balaban J connectivity index is 2.34. The van der Waals surface area contributed by atoms with Gasteiger partial charge in [0.1, 0.15) is 17.1 Å². The van der Waals surface area contributed by atoms with Gasteiger partial charge in [-0.15, -0.1) is 0 Å². The molecule has 2 N–H and O–H groups in total. The maximum Gasteiger partial charge on any atom is 0.122 e. The number of hydrogen-bond acceptors (Lipinski definition) is 3. The topological polar surface area (TPSA) is 49.7 Å². The fraction of sp³-hybridized carbons (Fsp3) is 0.385. The van der Waals surface area contributed by atoms with E-state index < -0.39 is 5.60 Å². The minimum absolute atomic E-state index is 0.208. The number of ether oxygens (including phenoxy) is 1. The van der Waals surface area contributed by atoms with E-state index in [1.54, 1.807) is 13.2 Å². The van der Waals surface area contributed by atoms with Crippen LogP contribution in [-0.4, -0.2) is 17.3 Å². The lowest BCUT2D eigenvalue weighted by molar-refractivity contribution is 0.00428. The molecule has 0 saturated carbocycles. The Morgan fingerprint density at radius 1 is 1.31 bits per heavy atom. The Morgan fingerprint density at radius 3 is 2.69 bits per heavy atom. The van der Waals surface area contributed by atoms with Crippen molar-refractivity contribution in [3.05, 3.63) is 35.4 Å². The van der Waals surface area contributed by atoms with E-state index in [1.165, 1.54) is 6.07 Å². The second-order valence-electron chi connectivity index (χ2n) is 4.49. The van der Waals surface area contributed by atoms with Gasteiger partial charge in [-0.2, -0.15) is 0 Å². The largest absolute Gasteiger partial charge is 0.508 e. The smallest absolute Gasteiger partial charge is 0.122 e. The quantitative estimate of drug-likeness (QED) is 0.562. The highest BCUT2D eigenvalue weighted by molar-refractivity contribution is 5.58. The van der Waals surface area contributed by atoms with Crippen LogP contribution >= 0.6 is 0 Å². The van der Waals surface area contributed by atoms with Gasteiger partial charge in [-0.1, -0.05) is 12.2 Å². The van der Waals surface area contributed by atoms with Gasteiger partial charge in [0.25, 0.3) is 0 Å². The van der Waals surface area contributed by atoms with Gasteiger partial charge in [0.2, 0.25) is 0 Å². The van der Waals surface area contributed by atoms with Crippen LogP contribution in [0.1, 0.15) is 29.9 Å². The van der Waals surface area contributed by atoms with E-state index in [0.29, 0.717) is 0 Å². The third-order valence-electron chi connectivity index (χ3n) is 3.78. The molecule has 3 aliphatic carbocycles. The summed E-state index contributed by atoms with van der Waals surface area (Å²) in [5, 5.41) is 19.9. The molecule has 84 valence electrons. The first-order valence-corrected chi connectivity index (χ1v) is 5.48. The van der Waals surface area contributed by atoms with Crippen LogP contribution in [0.3, 0.4) is 0 Å². The van der Waals surface area contributed by atoms with Gasteiger partial charge in [-0.3, -0.25) is 0 Å². The molecule has 0 aromatic heterocycles. The van der Waals surface area contributed by atoms with Gasteiger partial charge in [0.05, 0.1) is 0 Å². The zero-order valence-corrected chi connectivity index (χ0v) is 9.10. The monoisotopic (exact) mass is 218 g/mol. The zero-order chi connectivity index (χ0) is 11.3. The number of phenols is 2. The standard InChI is InChI=1S/C13H14O3/c1-16-13-6-4-8(5-7-13)11-9(14)2-3-10(15)12(11)13/h2-4,6,8,14-15H,5,7H2,1H3. The highest BCUT2D eigenvalue weighted by Gasteiger charge is 2.44. The number of aromatic hydroxyl groups is 2. The highest BCUT2D eigenvalue weighted by atomic mass is 16.5. The molecular weight excluding hydrogens is 204 g/mol. The summed E-state index contributed by atoms with van der Waals surface area (Å²) in [6.45, 7) is 0. The molecule has 0 spiro atoms. The zero-order valence-electron chi connectivity index (χ0n) is 9.10. The lowest BCUT2D eigenvalue weighted by atomic mass is 9.68. The molecule has 1 aromatic carbocycles. The van der Waals surface area contributed by atoms with Crippen LogP contribution < -0.4 is 0 Å². The van der Waals surface area contributed by atoms with Crippen molar-refractivity contribution in [2.45, 2.75) is 24.4 Å². The first-order valence-electron chi connectivity index (χ1n) is 5.48. The lowest BCUT2D eigenvalue weighted by Crippen LogP contribution is -2.35. The molecule has 0 heterocycles. The molecule has 3 heteroatoms. The Kier molecular flexibility index (Phi) is 1.83. The molecular formula is C13H14O3. The lowest BCUT2D eigenvalue weighted by Gasteiger charge is -2.43. The van der Waals surface area contributed by atoms with Crippen LogP contribution in [0, 0.1) is 0 Å². The van der Waals surface area contributed by atoms with E-state index in [2.05, 4.69) is 6.08 Å². The maximum absolute atomic E-state index is 9.97. The van der Waals surface area contributed by atoms with Crippen LogP contribution in [0.15, 0.2) is 24.3 Å². The van der Waals surface area contributed by atoms with E-state index in [1.807, 2.05) is 6.08 Å². The average Bonchev–Trinajstić information content (AvgIpc) is 2.35. The molecule has 0 fully saturated rings. The number of allylic oxidation sites excluding steroid dienone is 1. The van der Waals surface area contributed by atoms with Gasteiger partial charge in [0.15, 0.2) is 0 Å². The van der Waals surface area contributed by atoms with Crippen molar-refractivity contribution in [2.24, 2.45) is 0 Å². The molecule has 0 radical (unpaired) electrons. The summed E-state index contributed by atoms with van der Waals surface area (Å²) < 4.78 is 5.57. The third-order valence-corrected chi connectivity index (χ3v) is 3.78. The summed E-state index contributed by atoms with van der Waals surface area (Å²) in [5.74, 6) is 0.672. The Morgan fingerprint density at radius 2 is 2.06 bits per heavy atom. The second-order valence-corrected chi connectivity index (χ2v) is 4.49. The Labute approximate surface area is 94.0 Å². The normalized spacial score (nSPS) is 30.4. The predicted molar refractivity (Wildman–Crippen MR) is 59.6 cm³/mol. The number of fused-ring (bicyclic) bond motifs is 1. The molecule has 3 aliphatic rings. The fourth-order valence-electron chi connectivity index (χ4n) is 2.96. The second kappa shape index (κ2) is 3.01. The summed E-state index contributed by atoms with van der Waals surface area (Å²) >= 11 is 0. The van der Waals surface area contributed by atoms with Crippen LogP contribution in [-0.2, 0) is 10.3 Å². The van der Waals surface area contributed by atoms with Crippen molar-refractivity contribution in [1.29, 1.82) is 0 Å². The summed E-state index contributed by atoms with van der Waals surface area (Å²) in [6, 6.07) is 3.08. The van der Waals surface area contributed by atoms with Gasteiger partial charge in [0, 0.05) is 24.2 Å². The Bertz CT molecular complexity index is 478. The number of methoxy groups -OCH3 is 1. The fourth-order valence-corrected chi connectivity index (χ4v) is 2.96. The highest BCUT2D eigenvalue weighted by Crippen LogP contribution is 2.54. The molecule has 0 saturated heterocycles. The Hall–Kier alpha value is -1.48. The van der Waals surface area contributed by atoms with E-state index in [0.717, 1.165) is 24.0 Å². The molecule has 16 heavy (non-hydrogen) atoms. The number of benzene rings is 1. The number of phenolic OH excluding ortho intramolecular Hbond substituents is 2. The SMILES string of the molecule is COC12C=CC(CC1)c1c(O)ccc(O)c12. The van der Waals surface area contributed by atoms with E-state index in [4.69, 9.17) is 4.74 Å². The molecule has 2 atom stereocenters. The van der Waals surface area contributed by atoms with Crippen LogP contribution in [0.5, 0.6) is 11.5 Å². The average molecular weight is 218 g/mol. The van der Waals surface area contributed by atoms with E-state index >= 15 is 0 Å². The first-order chi connectivity index (χ1) is 7.68. The van der Waals surface area contributed by atoms with Gasteiger partial charge >= 0.3 is 0 Å². The predicted octanol–water partition coefficient (Wildman–Crippen LogP) is 2.39. The van der Waals surface area contributed by atoms with Crippen LogP contribution in [0.2, 0.25) is 0 Å². The number of hydrogen-bond donors (Lipinski definition) is 2. The van der Waals surface area contributed by atoms with Gasteiger partial charge < -0.3 is 14.9 Å². The minimum atomic E-state index is -0.549. The summed E-state index contributed by atoms with van der Waals surface area (Å²) in [5.41, 5.74) is 1.02. The third kappa shape index (κ3) is 1.01. The van der Waals surface area contributed by atoms with Crippen molar-refractivity contribution in [3.63, 3.8) is 0 Å². The molecule has 3 nitrogen and oxygen atoms in total. The summed E-state index contributed by atoms with van der Waals surface area (Å²) in [7, 11) is 1.64. The van der Waals surface area contributed by atoms with Gasteiger partial charge in [-0.25, -0.2) is 0 Å². The van der Waals surface area contributed by atoms with Crippen molar-refractivity contribution in [2.75, 3.05) is 7.11 Å². The molecule has 0 aliphatic heterocycles. The van der Waals surface area contributed by atoms with Crippen molar-refractivity contribution in [3.8, 4) is 11.5 Å². The van der Waals surface area contributed by atoms with Crippen molar-refractivity contribution >= 4 is 0 Å². The molecule has 0 amide bonds. The maximum atomic E-state index is 9.97. The van der Waals surface area contributed by atoms with Crippen LogP contribution in [0.4, 0.5) is 0 Å². The summed E-state index contributed by atoms with van der Waals surface area (Å²) in [4.78, 5) is 0. The van der Waals surface area contributed by atoms with Crippen LogP contribution in [0.25, 0.3) is 0 Å². The van der Waals surface area contributed by atoms with Gasteiger partial charge in [-0.05, 0) is 25.0 Å². The summed E-state index contributed by atoms with van der Waals surface area (Å²) in [6.07, 6.45) is 5.88. The van der Waals surface area contributed by atoms with Crippen molar-refractivity contribution in [1.82, 2.24) is 0 Å². The first kappa shape index (κ1) is 9.73. The van der Waals surface area contributed by atoms with Crippen molar-refractivity contribution < 1.29 is 14.9 Å². The van der Waals surface area contributed by atoms with E-state index in [9.17, 15) is 10.2 Å². The molecule has 2 unspecified atom stereocenters. The molecule has 2 bridgehead atoms. The minimum Gasteiger partial charge on any atom is -0.508 e. The molecule has 4 rings (SSSR count). The molecule has 1 aromatic rings.